The van der Waals surface area contributed by atoms with Crippen molar-refractivity contribution >= 4 is 5.97 Å². The summed E-state index contributed by atoms with van der Waals surface area (Å²) in [6.45, 7) is 16.3. The molecule has 0 aromatic heterocycles. The van der Waals surface area contributed by atoms with E-state index in [2.05, 4.69) is 41.5 Å². The van der Waals surface area contributed by atoms with Crippen LogP contribution >= 0.6 is 0 Å². The van der Waals surface area contributed by atoms with Gasteiger partial charge in [-0.25, -0.2) is 9.78 Å². The molecule has 6 aliphatic rings. The molecule has 0 aromatic rings. The molecular weight excluding hydrogens is 424 g/mol. The zero-order chi connectivity index (χ0) is 24.5. The van der Waals surface area contributed by atoms with Gasteiger partial charge in [-0.3, -0.25) is 4.79 Å². The lowest BCUT2D eigenvalue weighted by molar-refractivity contribution is -0.536. The first-order chi connectivity index (χ1) is 16.0. The second kappa shape index (κ2) is 8.47. The van der Waals surface area contributed by atoms with Crippen molar-refractivity contribution in [3.63, 3.8) is 0 Å². The first-order valence-electron chi connectivity index (χ1n) is 14.5. The third kappa shape index (κ3) is 3.47. The van der Waals surface area contributed by atoms with E-state index < -0.39 is 0 Å². The second-order valence-corrected chi connectivity index (χ2v) is 14.1. The van der Waals surface area contributed by atoms with Gasteiger partial charge in [0.2, 0.25) is 0 Å². The summed E-state index contributed by atoms with van der Waals surface area (Å²) in [5.41, 5.74) is 0.0855. The van der Waals surface area contributed by atoms with Gasteiger partial charge in [-0.2, -0.15) is 0 Å². The molecule has 0 N–H and O–H groups in total. The third-order valence-electron chi connectivity index (χ3n) is 12.4. The molecule has 4 nitrogen and oxygen atoms in total. The number of hydrogen-bond donors (Lipinski definition) is 0. The average molecular weight is 475 g/mol. The van der Waals surface area contributed by atoms with E-state index in [1.54, 1.807) is 0 Å². The van der Waals surface area contributed by atoms with Crippen LogP contribution in [0.4, 0.5) is 0 Å². The predicted octanol–water partition coefficient (Wildman–Crippen LogP) is 7.49. The summed E-state index contributed by atoms with van der Waals surface area (Å²) >= 11 is 0. The SMILES string of the molecule is CC(=O)OC1CCC2(C)C3CCC4(C)C([C@H](C)CC[C@H](C)C(C)C)CCC4[C@@]34CC[C@]2(C1)OO4. The van der Waals surface area contributed by atoms with Gasteiger partial charge in [0.15, 0.2) is 0 Å². The standard InChI is InChI=1S/C30H50O4/c1-19(2)20(3)8-9-21(4)24-10-11-25-27(24,6)14-13-26-28(7)15-12-23(32-22(5)31)18-29(28)16-17-30(25,26)34-33-29/h19-21,23-26H,8-18H2,1-7H3/t20-,21+,23?,24?,25?,26?,27?,28?,29+,30-/m0/s1. The Morgan fingerprint density at radius 3 is 2.32 bits per heavy atom. The lowest BCUT2D eigenvalue weighted by atomic mass is 9.40. The smallest absolute Gasteiger partial charge is 0.302 e. The van der Waals surface area contributed by atoms with Gasteiger partial charge in [0.1, 0.15) is 17.3 Å². The molecular formula is C30H50O4. The lowest BCUT2D eigenvalue weighted by Gasteiger charge is -2.72. The summed E-state index contributed by atoms with van der Waals surface area (Å²) in [7, 11) is 0. The van der Waals surface area contributed by atoms with Crippen LogP contribution in [0.1, 0.15) is 119 Å². The normalized spacial score (nSPS) is 49.2. The van der Waals surface area contributed by atoms with Gasteiger partial charge in [-0.15, -0.1) is 0 Å². The lowest BCUT2D eigenvalue weighted by Crippen LogP contribution is -2.75. The van der Waals surface area contributed by atoms with Crippen molar-refractivity contribution in [1.82, 2.24) is 0 Å². The van der Waals surface area contributed by atoms with Crippen LogP contribution in [0.2, 0.25) is 0 Å². The maximum Gasteiger partial charge on any atom is 0.302 e. The number of fused-ring (bicyclic) bond motifs is 3. The molecule has 4 aliphatic carbocycles. The number of carbonyl (C=O) groups excluding carboxylic acids is 1. The number of ether oxygens (including phenoxy) is 1. The maximum absolute atomic E-state index is 11.7. The number of hydrogen-bond acceptors (Lipinski definition) is 4. The Balaban J connectivity index is 1.36. The molecule has 2 aliphatic heterocycles. The zero-order valence-corrected chi connectivity index (χ0v) is 23.0. The Labute approximate surface area is 208 Å². The van der Waals surface area contributed by atoms with E-state index in [1.165, 1.54) is 45.4 Å². The van der Waals surface area contributed by atoms with E-state index in [-0.39, 0.29) is 28.7 Å². The highest BCUT2D eigenvalue weighted by Crippen LogP contribution is 2.74. The molecule has 4 saturated carbocycles. The largest absolute Gasteiger partial charge is 0.462 e. The van der Waals surface area contributed by atoms with Crippen molar-refractivity contribution in [1.29, 1.82) is 0 Å². The minimum atomic E-state index is -0.288. The summed E-state index contributed by atoms with van der Waals surface area (Å²) in [5.74, 6) is 4.17. The fourth-order valence-electron chi connectivity index (χ4n) is 10.1. The van der Waals surface area contributed by atoms with E-state index in [0.29, 0.717) is 17.3 Å². The van der Waals surface area contributed by atoms with E-state index in [9.17, 15) is 4.79 Å². The van der Waals surface area contributed by atoms with Gasteiger partial charge in [0.05, 0.1) is 0 Å². The average Bonchev–Trinajstić information content (AvgIpc) is 3.14. The van der Waals surface area contributed by atoms with Gasteiger partial charge >= 0.3 is 5.97 Å². The van der Waals surface area contributed by atoms with Crippen LogP contribution in [0.3, 0.4) is 0 Å². The Bertz CT molecular complexity index is 783. The first-order valence-corrected chi connectivity index (χ1v) is 14.5. The summed E-state index contributed by atoms with van der Waals surface area (Å²) < 4.78 is 5.67. The number of esters is 1. The van der Waals surface area contributed by atoms with Gasteiger partial charge in [-0.1, -0.05) is 54.4 Å². The van der Waals surface area contributed by atoms with Crippen LogP contribution < -0.4 is 0 Å². The topological polar surface area (TPSA) is 44.8 Å². The van der Waals surface area contributed by atoms with Gasteiger partial charge in [0, 0.05) is 18.8 Å². The minimum Gasteiger partial charge on any atom is -0.462 e. The van der Waals surface area contributed by atoms with Crippen molar-refractivity contribution < 1.29 is 19.3 Å². The highest BCUT2D eigenvalue weighted by atomic mass is 17.2. The molecule has 2 spiro atoms. The molecule has 0 amide bonds. The molecule has 6 unspecified atom stereocenters. The maximum atomic E-state index is 11.7. The van der Waals surface area contributed by atoms with E-state index >= 15 is 0 Å². The fourth-order valence-corrected chi connectivity index (χ4v) is 10.1. The van der Waals surface area contributed by atoms with Gasteiger partial charge in [0.25, 0.3) is 0 Å². The van der Waals surface area contributed by atoms with Crippen LogP contribution in [-0.4, -0.2) is 23.3 Å². The van der Waals surface area contributed by atoms with Crippen LogP contribution in [0.15, 0.2) is 0 Å². The Kier molecular flexibility index (Phi) is 6.24. The van der Waals surface area contributed by atoms with Crippen LogP contribution in [0, 0.1) is 46.3 Å². The monoisotopic (exact) mass is 474 g/mol. The second-order valence-electron chi connectivity index (χ2n) is 14.1. The molecule has 2 saturated heterocycles. The zero-order valence-electron chi connectivity index (χ0n) is 23.0. The fraction of sp³-hybridized carbons (Fsp3) is 0.967. The molecule has 6 rings (SSSR count). The molecule has 0 radical (unpaired) electrons. The first kappa shape index (κ1) is 25.1. The summed E-state index contributed by atoms with van der Waals surface area (Å²) in [5, 5.41) is 0. The van der Waals surface area contributed by atoms with Crippen LogP contribution in [-0.2, 0) is 19.3 Å². The van der Waals surface area contributed by atoms with E-state index in [0.717, 1.165) is 55.8 Å². The third-order valence-corrected chi connectivity index (χ3v) is 12.4. The minimum absolute atomic E-state index is 0.0291. The molecule has 4 heteroatoms. The van der Waals surface area contributed by atoms with Crippen molar-refractivity contribution in [3.05, 3.63) is 0 Å². The Morgan fingerprint density at radius 2 is 1.68 bits per heavy atom. The van der Waals surface area contributed by atoms with E-state index in [1.807, 2.05) is 0 Å². The van der Waals surface area contributed by atoms with Gasteiger partial charge in [-0.05, 0) is 92.3 Å². The van der Waals surface area contributed by atoms with Crippen molar-refractivity contribution in [2.75, 3.05) is 0 Å². The molecule has 10 atom stereocenters. The summed E-state index contributed by atoms with van der Waals surface area (Å²) in [4.78, 5) is 24.8. The van der Waals surface area contributed by atoms with Crippen molar-refractivity contribution in [3.8, 4) is 0 Å². The quantitative estimate of drug-likeness (QED) is 0.295. The molecule has 6 fully saturated rings. The Hall–Kier alpha value is -0.610. The summed E-state index contributed by atoms with van der Waals surface area (Å²) in [6, 6.07) is 0. The molecule has 2 heterocycles. The summed E-state index contributed by atoms with van der Waals surface area (Å²) in [6.07, 6.45) is 12.9. The van der Waals surface area contributed by atoms with Crippen LogP contribution in [0.25, 0.3) is 0 Å². The van der Waals surface area contributed by atoms with Crippen molar-refractivity contribution in [2.45, 2.75) is 136 Å². The van der Waals surface area contributed by atoms with Crippen LogP contribution in [0.5, 0.6) is 0 Å². The van der Waals surface area contributed by atoms with E-state index in [4.69, 9.17) is 14.5 Å². The molecule has 34 heavy (non-hydrogen) atoms. The highest BCUT2D eigenvalue weighted by molar-refractivity contribution is 5.66. The predicted molar refractivity (Wildman–Crippen MR) is 134 cm³/mol. The highest BCUT2D eigenvalue weighted by Gasteiger charge is 2.76. The number of rotatable bonds is 6. The van der Waals surface area contributed by atoms with Gasteiger partial charge < -0.3 is 4.74 Å². The molecule has 0 aromatic carbocycles. The van der Waals surface area contributed by atoms with Crippen molar-refractivity contribution in [2.24, 2.45) is 46.3 Å². The number of carbonyl (C=O) groups is 1. The molecule has 2 bridgehead atoms. The Morgan fingerprint density at radius 1 is 0.912 bits per heavy atom. The molecule has 194 valence electrons.